The predicted molar refractivity (Wildman–Crippen MR) is 104 cm³/mol. The number of hydrogen-bond donors (Lipinski definition) is 0. The van der Waals surface area contributed by atoms with Crippen molar-refractivity contribution >= 4 is 44.6 Å². The number of aromatic nitrogens is 2. The average molecular weight is 373 g/mol. The maximum atomic E-state index is 12.6. The fraction of sp³-hybridized carbons (Fsp3) is 0.389. The van der Waals surface area contributed by atoms with Crippen molar-refractivity contribution in [2.45, 2.75) is 20.3 Å². The van der Waals surface area contributed by atoms with Gasteiger partial charge in [-0.15, -0.1) is 22.7 Å². The summed E-state index contributed by atoms with van der Waals surface area (Å²) in [6.07, 6.45) is 2.67. The van der Waals surface area contributed by atoms with Crippen molar-refractivity contribution in [3.05, 3.63) is 39.2 Å². The molecular formula is C18H20N4OS2. The summed E-state index contributed by atoms with van der Waals surface area (Å²) in [6, 6.07) is 4.19. The number of hydrogen-bond acceptors (Lipinski definition) is 6. The van der Waals surface area contributed by atoms with Crippen LogP contribution in [0.4, 0.5) is 5.82 Å². The highest BCUT2D eigenvalue weighted by molar-refractivity contribution is 7.18. The minimum Gasteiger partial charge on any atom is -0.352 e. The van der Waals surface area contributed by atoms with Gasteiger partial charge in [-0.25, -0.2) is 9.97 Å². The molecule has 0 atom stereocenters. The van der Waals surface area contributed by atoms with Gasteiger partial charge in [-0.05, 0) is 36.4 Å². The van der Waals surface area contributed by atoms with E-state index in [9.17, 15) is 4.79 Å². The van der Waals surface area contributed by atoms with Gasteiger partial charge in [0.05, 0.1) is 10.3 Å². The molecule has 0 unspecified atom stereocenters. The van der Waals surface area contributed by atoms with Gasteiger partial charge in [0.25, 0.3) is 5.91 Å². The van der Waals surface area contributed by atoms with Crippen LogP contribution >= 0.6 is 22.7 Å². The highest BCUT2D eigenvalue weighted by atomic mass is 32.1. The van der Waals surface area contributed by atoms with E-state index in [1.165, 1.54) is 16.2 Å². The van der Waals surface area contributed by atoms with Crippen molar-refractivity contribution in [1.29, 1.82) is 0 Å². The highest BCUT2D eigenvalue weighted by Gasteiger charge is 2.25. The van der Waals surface area contributed by atoms with E-state index in [0.29, 0.717) is 0 Å². The van der Waals surface area contributed by atoms with Crippen molar-refractivity contribution < 1.29 is 4.79 Å². The highest BCUT2D eigenvalue weighted by Crippen LogP contribution is 2.31. The molecule has 0 bridgehead atoms. The van der Waals surface area contributed by atoms with E-state index in [0.717, 1.165) is 59.1 Å². The van der Waals surface area contributed by atoms with Crippen LogP contribution in [0.15, 0.2) is 23.8 Å². The van der Waals surface area contributed by atoms with Crippen molar-refractivity contribution in [3.8, 4) is 0 Å². The quantitative estimate of drug-likeness (QED) is 0.705. The van der Waals surface area contributed by atoms with E-state index < -0.39 is 0 Å². The number of amides is 1. The third kappa shape index (κ3) is 3.14. The van der Waals surface area contributed by atoms with Gasteiger partial charge in [0.1, 0.15) is 17.0 Å². The molecule has 7 heteroatoms. The third-order valence-electron chi connectivity index (χ3n) is 4.52. The maximum Gasteiger partial charge on any atom is 0.264 e. The van der Waals surface area contributed by atoms with E-state index >= 15 is 0 Å². The molecule has 0 N–H and O–H groups in total. The number of carbonyl (C=O) groups is 1. The van der Waals surface area contributed by atoms with E-state index in [2.05, 4.69) is 27.9 Å². The van der Waals surface area contributed by atoms with Crippen LogP contribution in [0.5, 0.6) is 0 Å². The summed E-state index contributed by atoms with van der Waals surface area (Å²) in [6.45, 7) is 7.25. The number of aryl methyl sites for hydroxylation is 2. The number of nitrogens with zero attached hydrogens (tertiary/aromatic N) is 4. The normalized spacial score (nSPS) is 15.1. The number of piperazine rings is 1. The van der Waals surface area contributed by atoms with Crippen LogP contribution in [-0.4, -0.2) is 47.0 Å². The molecule has 3 aromatic heterocycles. The van der Waals surface area contributed by atoms with Gasteiger partial charge in [0.15, 0.2) is 0 Å². The van der Waals surface area contributed by atoms with Crippen molar-refractivity contribution in [1.82, 2.24) is 14.9 Å². The Morgan fingerprint density at radius 1 is 1.20 bits per heavy atom. The standard InChI is InChI=1S/C18H20N4OS2/c1-3-13-9-14-16(19-11-20-17(14)25-13)21-4-6-22(7-5-21)18(23)15-8-12(2)10-24-15/h8-11H,3-7H2,1-2H3. The summed E-state index contributed by atoms with van der Waals surface area (Å²) in [7, 11) is 0. The molecule has 0 aliphatic carbocycles. The van der Waals surface area contributed by atoms with Crippen LogP contribution in [0, 0.1) is 6.92 Å². The molecule has 0 radical (unpaired) electrons. The monoisotopic (exact) mass is 372 g/mol. The van der Waals surface area contributed by atoms with Gasteiger partial charge in [-0.3, -0.25) is 4.79 Å². The SMILES string of the molecule is CCc1cc2c(N3CCN(C(=O)c4cc(C)cs4)CC3)ncnc2s1. The Morgan fingerprint density at radius 2 is 2.00 bits per heavy atom. The largest absolute Gasteiger partial charge is 0.352 e. The second kappa shape index (κ2) is 6.72. The first-order valence-corrected chi connectivity index (χ1v) is 10.2. The molecule has 0 aromatic carbocycles. The molecule has 1 saturated heterocycles. The fourth-order valence-corrected chi connectivity index (χ4v) is 4.93. The summed E-state index contributed by atoms with van der Waals surface area (Å²) >= 11 is 3.27. The third-order valence-corrected chi connectivity index (χ3v) is 6.74. The summed E-state index contributed by atoms with van der Waals surface area (Å²) in [5, 5.41) is 3.17. The molecule has 4 rings (SSSR count). The lowest BCUT2D eigenvalue weighted by atomic mass is 10.2. The number of anilines is 1. The number of rotatable bonds is 3. The van der Waals surface area contributed by atoms with Crippen molar-refractivity contribution in [2.75, 3.05) is 31.1 Å². The Hall–Kier alpha value is -1.99. The van der Waals surface area contributed by atoms with E-state index in [1.807, 2.05) is 23.3 Å². The van der Waals surface area contributed by atoms with Crippen molar-refractivity contribution in [3.63, 3.8) is 0 Å². The molecule has 3 aromatic rings. The van der Waals surface area contributed by atoms with E-state index in [-0.39, 0.29) is 5.91 Å². The van der Waals surface area contributed by atoms with E-state index in [1.54, 1.807) is 17.7 Å². The predicted octanol–water partition coefficient (Wildman–Crippen LogP) is 3.59. The number of fused-ring (bicyclic) bond motifs is 1. The molecule has 1 fully saturated rings. The minimum absolute atomic E-state index is 0.148. The lowest BCUT2D eigenvalue weighted by Gasteiger charge is -2.35. The van der Waals surface area contributed by atoms with Crippen LogP contribution in [-0.2, 0) is 6.42 Å². The molecule has 5 nitrogen and oxygen atoms in total. The lowest BCUT2D eigenvalue weighted by Crippen LogP contribution is -2.49. The first kappa shape index (κ1) is 16.5. The summed E-state index contributed by atoms with van der Waals surface area (Å²) < 4.78 is 0. The van der Waals surface area contributed by atoms with E-state index in [4.69, 9.17) is 0 Å². The van der Waals surface area contributed by atoms with Gasteiger partial charge in [0.2, 0.25) is 0 Å². The van der Waals surface area contributed by atoms with Crippen LogP contribution in [0.3, 0.4) is 0 Å². The molecule has 1 aliphatic heterocycles. The summed E-state index contributed by atoms with van der Waals surface area (Å²) in [4.78, 5) is 29.0. The van der Waals surface area contributed by atoms with Crippen molar-refractivity contribution in [2.24, 2.45) is 0 Å². The summed E-state index contributed by atoms with van der Waals surface area (Å²) in [5.74, 6) is 1.15. The van der Waals surface area contributed by atoms with Crippen LogP contribution < -0.4 is 4.90 Å². The van der Waals surface area contributed by atoms with Gasteiger partial charge < -0.3 is 9.80 Å². The topological polar surface area (TPSA) is 49.3 Å². The zero-order valence-corrected chi connectivity index (χ0v) is 16.0. The number of thiophene rings is 2. The van der Waals surface area contributed by atoms with Crippen LogP contribution in [0.1, 0.15) is 27.0 Å². The molecule has 0 saturated carbocycles. The molecular weight excluding hydrogens is 352 g/mol. The minimum atomic E-state index is 0.148. The Labute approximate surface area is 154 Å². The van der Waals surface area contributed by atoms with Gasteiger partial charge in [-0.1, -0.05) is 6.92 Å². The number of carbonyl (C=O) groups excluding carboxylic acids is 1. The molecule has 1 amide bonds. The maximum absolute atomic E-state index is 12.6. The smallest absolute Gasteiger partial charge is 0.264 e. The molecule has 1 aliphatic rings. The Kier molecular flexibility index (Phi) is 4.43. The molecule has 130 valence electrons. The molecule has 4 heterocycles. The Bertz CT molecular complexity index is 909. The zero-order chi connectivity index (χ0) is 17.4. The Balaban J connectivity index is 1.50. The van der Waals surface area contributed by atoms with Gasteiger partial charge in [0, 0.05) is 31.1 Å². The first-order chi connectivity index (χ1) is 12.2. The first-order valence-electron chi connectivity index (χ1n) is 8.48. The van der Waals surface area contributed by atoms with Gasteiger partial charge in [-0.2, -0.15) is 0 Å². The second-order valence-corrected chi connectivity index (χ2v) is 8.28. The zero-order valence-electron chi connectivity index (χ0n) is 14.4. The summed E-state index contributed by atoms with van der Waals surface area (Å²) in [5.41, 5.74) is 1.15. The average Bonchev–Trinajstić information content (AvgIpc) is 3.26. The second-order valence-electron chi connectivity index (χ2n) is 6.25. The van der Waals surface area contributed by atoms with Crippen LogP contribution in [0.2, 0.25) is 0 Å². The molecule has 25 heavy (non-hydrogen) atoms. The Morgan fingerprint density at radius 3 is 2.68 bits per heavy atom. The fourth-order valence-electron chi connectivity index (χ4n) is 3.14. The molecule has 0 spiro atoms. The van der Waals surface area contributed by atoms with Crippen LogP contribution in [0.25, 0.3) is 10.2 Å². The lowest BCUT2D eigenvalue weighted by molar-refractivity contribution is 0.0751. The van der Waals surface area contributed by atoms with Gasteiger partial charge >= 0.3 is 0 Å².